The molecular weight excluding hydrogens is 300 g/mol. The normalized spacial score (nSPS) is 29.1. The molecule has 4 N–H and O–H groups in total. The summed E-state index contributed by atoms with van der Waals surface area (Å²) in [6, 6.07) is 0. The Labute approximate surface area is 122 Å². The molecule has 21 heavy (non-hydrogen) atoms. The summed E-state index contributed by atoms with van der Waals surface area (Å²) in [5.41, 5.74) is 0.159. The van der Waals surface area contributed by atoms with Crippen molar-refractivity contribution in [3.05, 3.63) is 27.5 Å². The van der Waals surface area contributed by atoms with Crippen LogP contribution in [0.4, 0.5) is 0 Å². The maximum atomic E-state index is 11.2. The third-order valence-corrected chi connectivity index (χ3v) is 3.59. The lowest BCUT2D eigenvalue weighted by molar-refractivity contribution is -0.0539. The number of aromatic nitrogens is 4. The van der Waals surface area contributed by atoms with Gasteiger partial charge in [-0.25, -0.2) is 4.98 Å². The van der Waals surface area contributed by atoms with Crippen molar-refractivity contribution >= 4 is 23.4 Å². The average molecular weight is 312 g/mol. The van der Waals surface area contributed by atoms with Gasteiger partial charge in [0.15, 0.2) is 11.9 Å². The number of ether oxygens (including phenoxy) is 1. The van der Waals surface area contributed by atoms with E-state index in [2.05, 4.69) is 15.0 Å². The number of aliphatic hydroxyl groups excluding tert-OH is 3. The molecule has 1 aliphatic rings. The second-order valence-corrected chi connectivity index (χ2v) is 5.01. The van der Waals surface area contributed by atoms with E-state index in [4.69, 9.17) is 22.1 Å². The highest BCUT2D eigenvalue weighted by atomic mass is 32.1. The predicted molar refractivity (Wildman–Crippen MR) is 72.0 cm³/mol. The standard InChI is InChI=1S/C11H12N4O5S/c16-3-5-7(18)8(19)10(20-5)15-2-4-9(14-11(15)21)13-6(17)1-12-4/h1-2,5,7-8,10,16,18-19H,3H2,(H,13,14,17,21)/t5-,7?,8?,10-/m1/s1. The van der Waals surface area contributed by atoms with E-state index in [1.807, 2.05) is 0 Å². The Morgan fingerprint density at radius 3 is 2.86 bits per heavy atom. The maximum absolute atomic E-state index is 11.2. The van der Waals surface area contributed by atoms with Gasteiger partial charge in [-0.3, -0.25) is 9.36 Å². The summed E-state index contributed by atoms with van der Waals surface area (Å²) in [6.45, 7) is -0.436. The molecule has 0 aromatic carbocycles. The van der Waals surface area contributed by atoms with Crippen LogP contribution in [-0.2, 0) is 4.74 Å². The van der Waals surface area contributed by atoms with Crippen LogP contribution < -0.4 is 5.56 Å². The molecule has 0 saturated carbocycles. The number of aromatic amines is 1. The van der Waals surface area contributed by atoms with Crippen molar-refractivity contribution in [1.29, 1.82) is 0 Å². The summed E-state index contributed by atoms with van der Waals surface area (Å²) < 4.78 is 6.75. The molecule has 0 aliphatic carbocycles. The molecule has 3 heterocycles. The van der Waals surface area contributed by atoms with Crippen LogP contribution in [-0.4, -0.2) is 59.8 Å². The van der Waals surface area contributed by atoms with Crippen molar-refractivity contribution in [3.63, 3.8) is 0 Å². The number of hydrogen-bond acceptors (Lipinski definition) is 8. The van der Waals surface area contributed by atoms with Crippen molar-refractivity contribution in [2.45, 2.75) is 24.5 Å². The van der Waals surface area contributed by atoms with Gasteiger partial charge >= 0.3 is 0 Å². The Kier molecular flexibility index (Phi) is 3.55. The third-order valence-electron chi connectivity index (χ3n) is 3.29. The van der Waals surface area contributed by atoms with Crippen LogP contribution in [0.15, 0.2) is 17.2 Å². The van der Waals surface area contributed by atoms with Crippen LogP contribution in [0, 0.1) is 4.77 Å². The lowest BCUT2D eigenvalue weighted by Gasteiger charge is -2.18. The minimum Gasteiger partial charge on any atom is -0.394 e. The Hall–Kier alpha value is -1.72. The largest absolute Gasteiger partial charge is 0.394 e. The highest BCUT2D eigenvalue weighted by Gasteiger charge is 2.43. The Bertz CT molecular complexity index is 790. The van der Waals surface area contributed by atoms with Gasteiger partial charge in [0.1, 0.15) is 23.8 Å². The molecule has 1 saturated heterocycles. The highest BCUT2D eigenvalue weighted by molar-refractivity contribution is 7.71. The number of aliphatic hydroxyl groups is 3. The monoisotopic (exact) mass is 312 g/mol. The van der Waals surface area contributed by atoms with E-state index >= 15 is 0 Å². The molecule has 2 aromatic heterocycles. The summed E-state index contributed by atoms with van der Waals surface area (Å²) in [5.74, 6) is 0. The van der Waals surface area contributed by atoms with Gasteiger partial charge in [0.25, 0.3) is 5.56 Å². The van der Waals surface area contributed by atoms with E-state index in [0.717, 1.165) is 6.20 Å². The summed E-state index contributed by atoms with van der Waals surface area (Å²) in [5, 5.41) is 28.8. The van der Waals surface area contributed by atoms with Gasteiger partial charge in [0.2, 0.25) is 4.77 Å². The van der Waals surface area contributed by atoms with Crippen molar-refractivity contribution in [2.24, 2.45) is 0 Å². The maximum Gasteiger partial charge on any atom is 0.268 e. The van der Waals surface area contributed by atoms with E-state index in [0.29, 0.717) is 5.52 Å². The molecule has 1 aliphatic heterocycles. The molecule has 9 nitrogen and oxygen atoms in total. The zero-order chi connectivity index (χ0) is 15.1. The van der Waals surface area contributed by atoms with Crippen LogP contribution in [0.1, 0.15) is 6.23 Å². The fourth-order valence-electron chi connectivity index (χ4n) is 2.21. The van der Waals surface area contributed by atoms with Crippen LogP contribution >= 0.6 is 12.2 Å². The molecule has 0 spiro atoms. The van der Waals surface area contributed by atoms with E-state index in [1.54, 1.807) is 0 Å². The second kappa shape index (κ2) is 5.24. The van der Waals surface area contributed by atoms with Crippen molar-refractivity contribution in [1.82, 2.24) is 19.5 Å². The summed E-state index contributed by atoms with van der Waals surface area (Å²) in [4.78, 5) is 21.6. The molecule has 2 aromatic rings. The summed E-state index contributed by atoms with van der Waals surface area (Å²) in [7, 11) is 0. The molecule has 10 heteroatoms. The summed E-state index contributed by atoms with van der Waals surface area (Å²) in [6.07, 6.45) is -1.85. The first-order valence-electron chi connectivity index (χ1n) is 6.12. The number of H-pyrrole nitrogens is 1. The highest BCUT2D eigenvalue weighted by Crippen LogP contribution is 2.29. The van der Waals surface area contributed by atoms with Crippen LogP contribution in [0.2, 0.25) is 0 Å². The van der Waals surface area contributed by atoms with Crippen molar-refractivity contribution in [2.75, 3.05) is 6.61 Å². The lowest BCUT2D eigenvalue weighted by atomic mass is 10.1. The van der Waals surface area contributed by atoms with Crippen molar-refractivity contribution < 1.29 is 20.1 Å². The van der Waals surface area contributed by atoms with Gasteiger partial charge in [-0.2, -0.15) is 4.98 Å². The number of fused-ring (bicyclic) bond motifs is 1. The van der Waals surface area contributed by atoms with Gasteiger partial charge in [0, 0.05) is 6.20 Å². The SMILES string of the molecule is O=c1cnc2cn([C@@H]3O[C@H](CO)C(O)C3O)c(=S)nc2[nH]1. The van der Waals surface area contributed by atoms with Gasteiger partial charge in [-0.1, -0.05) is 0 Å². The number of nitrogens with zero attached hydrogens (tertiary/aromatic N) is 3. The lowest BCUT2D eigenvalue weighted by Crippen LogP contribution is -2.33. The first-order valence-corrected chi connectivity index (χ1v) is 6.53. The van der Waals surface area contributed by atoms with E-state index in [-0.39, 0.29) is 10.4 Å². The first kappa shape index (κ1) is 14.2. The van der Waals surface area contributed by atoms with Gasteiger partial charge in [-0.05, 0) is 12.2 Å². The smallest absolute Gasteiger partial charge is 0.268 e. The van der Waals surface area contributed by atoms with Crippen molar-refractivity contribution in [3.8, 4) is 0 Å². The second-order valence-electron chi connectivity index (χ2n) is 4.64. The molecule has 0 amide bonds. The van der Waals surface area contributed by atoms with Crippen LogP contribution in [0.3, 0.4) is 0 Å². The Morgan fingerprint density at radius 2 is 2.19 bits per heavy atom. The first-order chi connectivity index (χ1) is 10.0. The predicted octanol–water partition coefficient (Wildman–Crippen LogP) is -1.54. The van der Waals surface area contributed by atoms with Gasteiger partial charge in [-0.15, -0.1) is 0 Å². The molecule has 1 fully saturated rings. The van der Waals surface area contributed by atoms with E-state index in [9.17, 15) is 15.0 Å². The summed E-state index contributed by atoms with van der Waals surface area (Å²) >= 11 is 5.09. The quantitative estimate of drug-likeness (QED) is 0.490. The molecule has 3 rings (SSSR count). The zero-order valence-electron chi connectivity index (χ0n) is 10.6. The number of rotatable bonds is 2. The fraction of sp³-hybridized carbons (Fsp3) is 0.455. The van der Waals surface area contributed by atoms with Crippen LogP contribution in [0.5, 0.6) is 0 Å². The zero-order valence-corrected chi connectivity index (χ0v) is 11.4. The van der Waals surface area contributed by atoms with Gasteiger partial charge in [0.05, 0.1) is 12.8 Å². The number of nitrogens with one attached hydrogen (secondary N) is 1. The average Bonchev–Trinajstić information content (AvgIpc) is 2.74. The molecule has 0 bridgehead atoms. The fourth-order valence-corrected chi connectivity index (χ4v) is 2.46. The third kappa shape index (κ3) is 2.36. The minimum absolute atomic E-state index is 0.0426. The van der Waals surface area contributed by atoms with Crippen LogP contribution in [0.25, 0.3) is 11.2 Å². The molecule has 0 radical (unpaired) electrons. The Balaban J connectivity index is 2.09. The molecular formula is C11H12N4O5S. The molecule has 112 valence electrons. The van der Waals surface area contributed by atoms with E-state index in [1.165, 1.54) is 10.8 Å². The minimum atomic E-state index is -1.27. The number of hydrogen-bond donors (Lipinski definition) is 4. The topological polar surface area (TPSA) is 133 Å². The van der Waals surface area contributed by atoms with Gasteiger partial charge < -0.3 is 25.0 Å². The Morgan fingerprint density at radius 1 is 1.43 bits per heavy atom. The molecule has 2 unspecified atom stereocenters. The molecule has 4 atom stereocenters. The van der Waals surface area contributed by atoms with E-state index < -0.39 is 36.7 Å².